The highest BCUT2D eigenvalue weighted by Gasteiger charge is 2.37. The van der Waals surface area contributed by atoms with Crippen molar-refractivity contribution in [3.63, 3.8) is 0 Å². The number of hydrogen-bond acceptors (Lipinski definition) is 12. The zero-order valence-electron chi connectivity index (χ0n) is 30.9. The zero-order chi connectivity index (χ0) is 40.1. The summed E-state index contributed by atoms with van der Waals surface area (Å²) in [6, 6.07) is 17.0. The van der Waals surface area contributed by atoms with E-state index in [1.807, 2.05) is 12.1 Å². The van der Waals surface area contributed by atoms with Crippen molar-refractivity contribution in [1.29, 1.82) is 0 Å². The highest BCUT2D eigenvalue weighted by molar-refractivity contribution is 5.96. The summed E-state index contributed by atoms with van der Waals surface area (Å²) in [6.07, 6.45) is 5.79. The van der Waals surface area contributed by atoms with Crippen LogP contribution in [-0.4, -0.2) is 101 Å². The van der Waals surface area contributed by atoms with Crippen LogP contribution in [-0.2, 0) is 9.59 Å². The molecule has 3 heterocycles. The fourth-order valence-corrected chi connectivity index (χ4v) is 6.15. The highest BCUT2D eigenvalue weighted by Crippen LogP contribution is 2.25. The van der Waals surface area contributed by atoms with Crippen LogP contribution < -0.4 is 41.7 Å². The smallest absolute Gasteiger partial charge is 0.251 e. The molecule has 1 aromatic heterocycles. The fourth-order valence-electron chi connectivity index (χ4n) is 6.15. The molecule has 4 amide bonds. The topological polar surface area (TPSA) is 232 Å². The van der Waals surface area contributed by atoms with E-state index in [0.29, 0.717) is 74.5 Å². The molecule has 2 aromatic carbocycles. The summed E-state index contributed by atoms with van der Waals surface area (Å²) in [4.78, 5) is 52.6. The van der Waals surface area contributed by atoms with Gasteiger partial charge in [-0.2, -0.15) is 0 Å². The van der Waals surface area contributed by atoms with Crippen LogP contribution in [0.1, 0.15) is 64.8 Å². The van der Waals surface area contributed by atoms with Crippen LogP contribution in [0.2, 0.25) is 0 Å². The Morgan fingerprint density at radius 3 is 1.48 bits per heavy atom. The van der Waals surface area contributed by atoms with Gasteiger partial charge in [0, 0.05) is 29.1 Å². The number of pyridine rings is 1. The molecule has 2 aliphatic heterocycles. The summed E-state index contributed by atoms with van der Waals surface area (Å²) in [7, 11) is 0. The number of aliphatic hydroxyl groups excluding tert-OH is 1. The lowest BCUT2D eigenvalue weighted by Crippen LogP contribution is -2.56. The minimum absolute atomic E-state index is 0.0155. The third-order valence-corrected chi connectivity index (χ3v) is 9.10. The zero-order valence-corrected chi connectivity index (χ0v) is 30.9. The first-order chi connectivity index (χ1) is 27.2. The number of ether oxygens (including phenoxy) is 2. The first-order valence-corrected chi connectivity index (χ1v) is 18.0. The maximum Gasteiger partial charge on any atom is 0.251 e. The molecule has 3 aromatic rings. The van der Waals surface area contributed by atoms with Crippen molar-refractivity contribution in [2.24, 2.45) is 0 Å². The molecule has 0 atom stereocenters. The van der Waals surface area contributed by atoms with E-state index < -0.39 is 22.9 Å². The maximum atomic E-state index is 12.7. The molecule has 0 unspecified atom stereocenters. The Labute approximate surface area is 325 Å². The molecule has 0 radical (unpaired) electrons. The number of aliphatic hydroxyl groups is 1. The van der Waals surface area contributed by atoms with Gasteiger partial charge in [0.1, 0.15) is 31.3 Å². The number of nitrogens with zero attached hydrogens (tertiary/aromatic N) is 1. The van der Waals surface area contributed by atoms with Crippen LogP contribution in [0.15, 0.2) is 73.1 Å². The first-order valence-electron chi connectivity index (χ1n) is 18.0. The molecular formula is C40H47N7O9. The Hall–Kier alpha value is -6.01. The second-order valence-electron chi connectivity index (χ2n) is 13.1. The van der Waals surface area contributed by atoms with Crippen molar-refractivity contribution in [2.75, 3.05) is 46.0 Å². The number of carbonyl (C=O) groups excluding carboxylic acids is 4. The number of benzene rings is 2. The van der Waals surface area contributed by atoms with E-state index >= 15 is 0 Å². The van der Waals surface area contributed by atoms with Gasteiger partial charge in [0.05, 0.1) is 23.9 Å². The van der Waals surface area contributed by atoms with Crippen LogP contribution in [0, 0.1) is 23.7 Å². The lowest BCUT2D eigenvalue weighted by molar-refractivity contribution is -0.131. The van der Waals surface area contributed by atoms with Gasteiger partial charge in [-0.15, -0.1) is 0 Å². The summed E-state index contributed by atoms with van der Waals surface area (Å²) in [6.45, 7) is 2.90. The molecule has 16 nitrogen and oxygen atoms in total. The highest BCUT2D eigenvalue weighted by atomic mass is 16.5. The molecule has 0 aliphatic carbocycles. The molecule has 296 valence electrons. The normalized spacial score (nSPS) is 15.0. The third-order valence-electron chi connectivity index (χ3n) is 9.10. The minimum atomic E-state index is -0.690. The Morgan fingerprint density at radius 1 is 0.643 bits per heavy atom. The average Bonchev–Trinajstić information content (AvgIpc) is 3.22. The van der Waals surface area contributed by atoms with E-state index in [1.54, 1.807) is 71.9 Å². The number of piperidine rings is 2. The quantitative estimate of drug-likeness (QED) is 0.0716. The Morgan fingerprint density at radius 2 is 1.07 bits per heavy atom. The van der Waals surface area contributed by atoms with Gasteiger partial charge in [-0.1, -0.05) is 23.7 Å². The number of hydrogen-bond donors (Lipinski definition) is 9. The SMILES string of the molecule is O=C(CC1(NC(=O)c2ccc(OCC#CCO)cc2)CCNCC1)NO.O=C(CC1(NC(=O)c2ccc(OCC#Cc3ccncc3)cc2)CCNCC1)NO. The van der Waals surface area contributed by atoms with Gasteiger partial charge in [-0.05, 0) is 113 Å². The molecule has 2 fully saturated rings. The van der Waals surface area contributed by atoms with Crippen LogP contribution in [0.3, 0.4) is 0 Å². The predicted molar refractivity (Wildman–Crippen MR) is 204 cm³/mol. The number of rotatable bonds is 12. The molecule has 16 heteroatoms. The molecule has 2 saturated heterocycles. The van der Waals surface area contributed by atoms with Gasteiger partial charge < -0.3 is 35.8 Å². The van der Waals surface area contributed by atoms with Crippen LogP contribution >= 0.6 is 0 Å². The summed E-state index contributed by atoms with van der Waals surface area (Å²) < 4.78 is 11.0. The van der Waals surface area contributed by atoms with E-state index in [0.717, 1.165) is 5.56 Å². The van der Waals surface area contributed by atoms with Gasteiger partial charge >= 0.3 is 0 Å². The Kier molecular flexibility index (Phi) is 17.1. The number of aromatic nitrogens is 1. The molecule has 0 bridgehead atoms. The van der Waals surface area contributed by atoms with E-state index in [1.165, 1.54) is 0 Å². The van der Waals surface area contributed by atoms with E-state index in [-0.39, 0.29) is 44.5 Å². The van der Waals surface area contributed by atoms with Gasteiger partial charge in [-0.25, -0.2) is 11.0 Å². The van der Waals surface area contributed by atoms with E-state index in [4.69, 9.17) is 25.0 Å². The standard InChI is InChI=1S/C22H24N4O4.C18H23N3O5/c27-20(26-29)16-22(9-13-24-14-10-22)25-21(28)18-3-5-19(6-4-18)30-15-1-2-17-7-11-23-12-8-17;22-11-1-2-12-26-15-5-3-14(4-6-15)17(24)20-18(13-16(23)21-25)7-9-19-10-8-18/h3-8,11-12,24,29H,9-10,13-16H2,(H,25,28)(H,26,27);3-6,19,22,25H,7-13H2,(H,20,24)(H,21,23). The Balaban J connectivity index is 0.000000251. The molecule has 0 saturated carbocycles. The number of nitrogens with one attached hydrogen (secondary N) is 6. The second-order valence-corrected chi connectivity index (χ2v) is 13.1. The van der Waals surface area contributed by atoms with Gasteiger partial charge in [0.25, 0.3) is 11.8 Å². The lowest BCUT2D eigenvalue weighted by atomic mass is 9.84. The van der Waals surface area contributed by atoms with Crippen molar-refractivity contribution in [1.82, 2.24) is 37.2 Å². The van der Waals surface area contributed by atoms with Crippen LogP contribution in [0.25, 0.3) is 0 Å². The van der Waals surface area contributed by atoms with E-state index in [9.17, 15) is 19.2 Å². The second kappa shape index (κ2) is 22.4. The molecule has 0 spiro atoms. The van der Waals surface area contributed by atoms with Crippen molar-refractivity contribution in [3.8, 4) is 35.2 Å². The summed E-state index contributed by atoms with van der Waals surface area (Å²) in [5, 5.41) is 38.6. The minimum Gasteiger partial charge on any atom is -0.481 e. The number of hydroxylamine groups is 2. The molecule has 9 N–H and O–H groups in total. The largest absolute Gasteiger partial charge is 0.481 e. The van der Waals surface area contributed by atoms with Crippen molar-refractivity contribution in [3.05, 3.63) is 89.7 Å². The van der Waals surface area contributed by atoms with Gasteiger partial charge in [-0.3, -0.25) is 34.6 Å². The van der Waals surface area contributed by atoms with Crippen molar-refractivity contribution < 1.29 is 44.2 Å². The summed E-state index contributed by atoms with van der Waals surface area (Å²) in [5.74, 6) is 10.6. The summed E-state index contributed by atoms with van der Waals surface area (Å²) >= 11 is 0. The van der Waals surface area contributed by atoms with Crippen molar-refractivity contribution >= 4 is 23.6 Å². The molecule has 2 aliphatic rings. The van der Waals surface area contributed by atoms with Crippen LogP contribution in [0.5, 0.6) is 11.5 Å². The molecule has 56 heavy (non-hydrogen) atoms. The average molecular weight is 770 g/mol. The summed E-state index contributed by atoms with van der Waals surface area (Å²) in [5.41, 5.74) is 3.68. The maximum absolute atomic E-state index is 12.7. The third kappa shape index (κ3) is 14.0. The molecular weight excluding hydrogens is 722 g/mol. The van der Waals surface area contributed by atoms with Gasteiger partial charge in [0.15, 0.2) is 0 Å². The lowest BCUT2D eigenvalue weighted by Gasteiger charge is -2.37. The monoisotopic (exact) mass is 769 g/mol. The number of amides is 4. The Bertz CT molecular complexity index is 1860. The van der Waals surface area contributed by atoms with E-state index in [2.05, 4.69) is 49.9 Å². The van der Waals surface area contributed by atoms with Gasteiger partial charge in [0.2, 0.25) is 11.8 Å². The van der Waals surface area contributed by atoms with Crippen LogP contribution in [0.4, 0.5) is 0 Å². The number of carbonyl (C=O) groups is 4. The fraction of sp³-hybridized carbons (Fsp3) is 0.375. The first kappa shape index (κ1) is 42.7. The predicted octanol–water partition coefficient (Wildman–Crippen LogP) is 1.07. The molecule has 5 rings (SSSR count). The van der Waals surface area contributed by atoms with Crippen molar-refractivity contribution in [2.45, 2.75) is 49.6 Å².